The summed E-state index contributed by atoms with van der Waals surface area (Å²) in [5, 5.41) is 7.17. The fourth-order valence-electron chi connectivity index (χ4n) is 3.57. The number of nitrogens with zero attached hydrogens (tertiary/aromatic N) is 5. The molecule has 1 fully saturated rings. The first-order chi connectivity index (χ1) is 14.1. The molecule has 0 radical (unpaired) electrons. The normalized spacial score (nSPS) is 14.7. The smallest absolute Gasteiger partial charge is 0.259 e. The maximum atomic E-state index is 13.1. The molecule has 0 atom stereocenters. The summed E-state index contributed by atoms with van der Waals surface area (Å²) in [6.45, 7) is 2.80. The lowest BCUT2D eigenvalue weighted by Gasteiger charge is -2.34. The Bertz CT molecular complexity index is 972. The fraction of sp³-hybridized carbons (Fsp3) is 0.286. The number of benzene rings is 1. The van der Waals surface area contributed by atoms with Crippen molar-refractivity contribution in [1.82, 2.24) is 24.1 Å². The highest BCUT2D eigenvalue weighted by molar-refractivity contribution is 5.97. The second-order valence-electron chi connectivity index (χ2n) is 7.08. The lowest BCUT2D eigenvalue weighted by atomic mass is 10.2. The molecule has 0 aliphatic carbocycles. The summed E-state index contributed by atoms with van der Waals surface area (Å²) in [4.78, 5) is 29.2. The van der Waals surface area contributed by atoms with Crippen molar-refractivity contribution in [3.8, 4) is 5.82 Å². The minimum absolute atomic E-state index is 0.0322. The summed E-state index contributed by atoms with van der Waals surface area (Å²) in [6.07, 6.45) is 5.42. The van der Waals surface area contributed by atoms with E-state index in [-0.39, 0.29) is 11.8 Å². The Morgan fingerprint density at radius 2 is 1.69 bits per heavy atom. The van der Waals surface area contributed by atoms with E-state index >= 15 is 0 Å². The fourth-order valence-corrected chi connectivity index (χ4v) is 3.57. The number of hydrogen-bond donors (Lipinski definition) is 1. The average Bonchev–Trinajstić information content (AvgIpc) is 3.38. The third kappa shape index (κ3) is 4.22. The van der Waals surface area contributed by atoms with Crippen LogP contribution in [-0.2, 0) is 11.8 Å². The number of piperazine rings is 1. The molecular formula is C21H24N6O2. The molecular weight excluding hydrogens is 368 g/mol. The summed E-state index contributed by atoms with van der Waals surface area (Å²) in [5.74, 6) is 0.679. The number of anilines is 1. The number of amides is 2. The van der Waals surface area contributed by atoms with Gasteiger partial charge in [-0.25, -0.2) is 0 Å². The van der Waals surface area contributed by atoms with Crippen molar-refractivity contribution in [2.45, 2.75) is 0 Å². The molecule has 0 spiro atoms. The number of hydrogen-bond acceptors (Lipinski definition) is 4. The van der Waals surface area contributed by atoms with Crippen molar-refractivity contribution in [2.24, 2.45) is 7.05 Å². The Hall–Kier alpha value is -3.39. The van der Waals surface area contributed by atoms with Gasteiger partial charge in [0.25, 0.3) is 5.91 Å². The van der Waals surface area contributed by atoms with E-state index in [0.717, 1.165) is 11.5 Å². The van der Waals surface area contributed by atoms with Gasteiger partial charge in [-0.1, -0.05) is 18.2 Å². The molecule has 3 aromatic rings. The highest BCUT2D eigenvalue weighted by Crippen LogP contribution is 2.17. The van der Waals surface area contributed by atoms with E-state index in [4.69, 9.17) is 0 Å². The Labute approximate surface area is 169 Å². The maximum absolute atomic E-state index is 13.1. The van der Waals surface area contributed by atoms with Gasteiger partial charge < -0.3 is 14.8 Å². The summed E-state index contributed by atoms with van der Waals surface area (Å²) >= 11 is 0. The van der Waals surface area contributed by atoms with E-state index in [0.29, 0.717) is 38.3 Å². The molecule has 0 bridgehead atoms. The molecule has 1 N–H and O–H groups in total. The van der Waals surface area contributed by atoms with Crippen LogP contribution in [0.3, 0.4) is 0 Å². The van der Waals surface area contributed by atoms with Crippen LogP contribution in [0.1, 0.15) is 10.4 Å². The highest BCUT2D eigenvalue weighted by atomic mass is 16.2. The molecule has 1 aliphatic rings. The third-order valence-corrected chi connectivity index (χ3v) is 5.07. The van der Waals surface area contributed by atoms with E-state index < -0.39 is 0 Å². The zero-order valence-corrected chi connectivity index (χ0v) is 16.4. The van der Waals surface area contributed by atoms with Crippen LogP contribution in [0.4, 0.5) is 5.69 Å². The van der Waals surface area contributed by atoms with Crippen LogP contribution in [0.2, 0.25) is 0 Å². The zero-order chi connectivity index (χ0) is 20.2. The van der Waals surface area contributed by atoms with Crippen LogP contribution in [0.5, 0.6) is 0 Å². The van der Waals surface area contributed by atoms with Crippen LogP contribution in [0.15, 0.2) is 61.1 Å². The van der Waals surface area contributed by atoms with Gasteiger partial charge in [0.15, 0.2) is 0 Å². The van der Waals surface area contributed by atoms with Gasteiger partial charge in [0.2, 0.25) is 5.91 Å². The Morgan fingerprint density at radius 3 is 2.38 bits per heavy atom. The standard InChI is InChI=1S/C21H24N6O2/c1-24-20(26-9-5-6-10-26)18(15-22-24)21(29)27-13-11-25(12-14-27)16-19(28)23-17-7-3-2-4-8-17/h2-10,15H,11-14,16H2,1H3,(H,23,28). The van der Waals surface area contributed by atoms with Crippen molar-refractivity contribution in [1.29, 1.82) is 0 Å². The second kappa shape index (κ2) is 8.32. The van der Waals surface area contributed by atoms with Crippen molar-refractivity contribution < 1.29 is 9.59 Å². The van der Waals surface area contributed by atoms with Gasteiger partial charge in [-0.3, -0.25) is 19.2 Å². The van der Waals surface area contributed by atoms with Gasteiger partial charge >= 0.3 is 0 Å². The number of rotatable bonds is 5. The summed E-state index contributed by atoms with van der Waals surface area (Å²) in [7, 11) is 1.83. The highest BCUT2D eigenvalue weighted by Gasteiger charge is 2.26. The maximum Gasteiger partial charge on any atom is 0.259 e. The van der Waals surface area contributed by atoms with Gasteiger partial charge in [-0.05, 0) is 24.3 Å². The molecule has 8 heteroatoms. The molecule has 1 aromatic carbocycles. The van der Waals surface area contributed by atoms with E-state index in [9.17, 15) is 9.59 Å². The minimum atomic E-state index is -0.0434. The zero-order valence-electron chi connectivity index (χ0n) is 16.4. The quantitative estimate of drug-likeness (QED) is 0.716. The summed E-state index contributed by atoms with van der Waals surface area (Å²) in [5.41, 5.74) is 1.37. The van der Waals surface area contributed by atoms with E-state index in [1.807, 2.05) is 71.4 Å². The molecule has 0 unspecified atom stereocenters. The first-order valence-electron chi connectivity index (χ1n) is 9.63. The number of carbonyl (C=O) groups is 2. The van der Waals surface area contributed by atoms with Gasteiger partial charge in [-0.15, -0.1) is 0 Å². The average molecular weight is 392 g/mol. The molecule has 2 amide bonds. The molecule has 1 aliphatic heterocycles. The Morgan fingerprint density at radius 1 is 1.00 bits per heavy atom. The Balaban J connectivity index is 1.34. The summed E-state index contributed by atoms with van der Waals surface area (Å²) in [6, 6.07) is 13.3. The number of aryl methyl sites for hydroxylation is 1. The first-order valence-corrected chi connectivity index (χ1v) is 9.63. The molecule has 29 heavy (non-hydrogen) atoms. The minimum Gasteiger partial charge on any atom is -0.336 e. The van der Waals surface area contributed by atoms with Crippen LogP contribution >= 0.6 is 0 Å². The topological polar surface area (TPSA) is 75.4 Å². The van der Waals surface area contributed by atoms with Crippen LogP contribution in [0, 0.1) is 0 Å². The predicted octanol–water partition coefficient (Wildman–Crippen LogP) is 1.61. The van der Waals surface area contributed by atoms with E-state index in [1.54, 1.807) is 10.9 Å². The molecule has 1 saturated heterocycles. The third-order valence-electron chi connectivity index (χ3n) is 5.07. The molecule has 2 aromatic heterocycles. The summed E-state index contributed by atoms with van der Waals surface area (Å²) < 4.78 is 3.60. The molecule has 150 valence electrons. The van der Waals surface area contributed by atoms with Gasteiger partial charge in [0.05, 0.1) is 12.7 Å². The number of para-hydroxylation sites is 1. The molecule has 0 saturated carbocycles. The Kier molecular flexibility index (Phi) is 5.44. The van der Waals surface area contributed by atoms with E-state index in [2.05, 4.69) is 15.3 Å². The van der Waals surface area contributed by atoms with Gasteiger partial charge in [0, 0.05) is 51.3 Å². The number of aromatic nitrogens is 3. The molecule has 4 rings (SSSR count). The van der Waals surface area contributed by atoms with E-state index in [1.165, 1.54) is 0 Å². The number of carbonyl (C=O) groups excluding carboxylic acids is 2. The van der Waals surface area contributed by atoms with Crippen molar-refractivity contribution in [3.63, 3.8) is 0 Å². The van der Waals surface area contributed by atoms with Crippen LogP contribution in [0.25, 0.3) is 5.82 Å². The van der Waals surface area contributed by atoms with Gasteiger partial charge in [-0.2, -0.15) is 5.10 Å². The van der Waals surface area contributed by atoms with Crippen molar-refractivity contribution in [2.75, 3.05) is 38.0 Å². The SMILES string of the molecule is Cn1ncc(C(=O)N2CCN(CC(=O)Nc3ccccc3)CC2)c1-n1cccc1. The first kappa shape index (κ1) is 18.9. The largest absolute Gasteiger partial charge is 0.336 e. The predicted molar refractivity (Wildman–Crippen MR) is 110 cm³/mol. The van der Waals surface area contributed by atoms with Crippen LogP contribution in [-0.4, -0.2) is 68.7 Å². The monoisotopic (exact) mass is 392 g/mol. The van der Waals surface area contributed by atoms with Gasteiger partial charge in [0.1, 0.15) is 11.4 Å². The molecule has 3 heterocycles. The van der Waals surface area contributed by atoms with Crippen LogP contribution < -0.4 is 5.32 Å². The van der Waals surface area contributed by atoms with Crippen molar-refractivity contribution in [3.05, 3.63) is 66.6 Å². The number of nitrogens with one attached hydrogen (secondary N) is 1. The molecule has 8 nitrogen and oxygen atoms in total. The lowest BCUT2D eigenvalue weighted by molar-refractivity contribution is -0.117. The lowest BCUT2D eigenvalue weighted by Crippen LogP contribution is -2.50. The van der Waals surface area contributed by atoms with Crippen molar-refractivity contribution >= 4 is 17.5 Å². The second-order valence-corrected chi connectivity index (χ2v) is 7.08.